The molecule has 0 aliphatic carbocycles. The maximum atomic E-state index is 13.8. The second-order valence-corrected chi connectivity index (χ2v) is 22.6. The fourth-order valence-electron chi connectivity index (χ4n) is 10.3. The van der Waals surface area contributed by atoms with Crippen LogP contribution in [0.15, 0.2) is 187 Å². The second kappa shape index (κ2) is 32.2. The lowest BCUT2D eigenvalue weighted by molar-refractivity contribution is -0.357. The first-order chi connectivity index (χ1) is 42.6. The van der Waals surface area contributed by atoms with Gasteiger partial charge < -0.3 is 61.9 Å². The number of hydrogen-bond acceptors (Lipinski definition) is 20. The average Bonchev–Trinajstić information content (AvgIpc) is 1.44. The summed E-state index contributed by atoms with van der Waals surface area (Å²) in [6.07, 6.45) is -22.6. The van der Waals surface area contributed by atoms with E-state index in [1.54, 1.807) is 60.7 Å². The standard InChI is InChI=1S/C61H67N3O22S2/c1-73-49-47(39-81-87(67,68)69)82-59(48(63-64-62)51(49)75-33-41-22-10-3-11-23-41)84-54-53(77-35-43-26-14-5-15-27-43)57(86-88(70,71)72)61(85-55(54)58(65)66)80-38-46-50(74-32-40-20-8-2-9-21-40)52(76-34-42-24-12-4-13-25-42)56(78-36-44-28-16-6-17-29-44)60(83-46)79-37-45-30-18-7-19-31-45/h2-31,46-57,59-61H,32-39H2,1H3,(H,65,66)(H,67,68,69)(H,70,71,72)/t46-,47-,48-,49-,50-,51-,52+,53+,54+,55-,56-,57-,59-,60-,61-/m1/s1. The molecular formula is C61H67N3O22S2. The Morgan fingerprint density at radius 2 is 0.830 bits per heavy atom. The van der Waals surface area contributed by atoms with Crippen LogP contribution in [0.4, 0.5) is 0 Å². The molecule has 9 rings (SSSR count). The number of carboxylic acids is 1. The average molecular weight is 1260 g/mol. The third-order valence-electron chi connectivity index (χ3n) is 14.4. The third kappa shape index (κ3) is 18.9. The van der Waals surface area contributed by atoms with E-state index in [0.717, 1.165) is 22.3 Å². The predicted octanol–water partition coefficient (Wildman–Crippen LogP) is 7.49. The summed E-state index contributed by atoms with van der Waals surface area (Å²) >= 11 is 0. The highest BCUT2D eigenvalue weighted by Crippen LogP contribution is 2.38. The summed E-state index contributed by atoms with van der Waals surface area (Å²) in [4.78, 5) is 16.8. The van der Waals surface area contributed by atoms with E-state index in [4.69, 9.17) is 65.2 Å². The van der Waals surface area contributed by atoms with Crippen molar-refractivity contribution in [2.75, 3.05) is 20.3 Å². The second-order valence-electron chi connectivity index (χ2n) is 20.5. The maximum Gasteiger partial charge on any atom is 0.397 e. The van der Waals surface area contributed by atoms with Crippen LogP contribution in [0, 0.1) is 0 Å². The van der Waals surface area contributed by atoms with Crippen molar-refractivity contribution in [1.29, 1.82) is 0 Å². The molecule has 15 atom stereocenters. The highest BCUT2D eigenvalue weighted by atomic mass is 32.3. The van der Waals surface area contributed by atoms with E-state index in [1.165, 1.54) is 7.11 Å². The molecule has 6 aromatic rings. The Kier molecular flexibility index (Phi) is 24.1. The SMILES string of the molecule is CO[C@H]1[C@H](OCc2ccccc2)[C@@H](N=[N+]=[N-])[C@@H](O[C@H]2[C@H](OCc3ccccc3)[C@@H](OS(=O)(=O)O)[C@H](OC[C@H]3O[C@@H](OCc4ccccc4)[C@H](OCc4ccccc4)[C@@H](OCc4ccccc4)[C@@H]3OCc3ccccc3)O[C@H]2C(=O)O)O[C@@H]1COS(=O)(=O)O. The number of nitrogens with zero attached hydrogens (tertiary/aromatic N) is 3. The van der Waals surface area contributed by atoms with Gasteiger partial charge in [-0.1, -0.05) is 187 Å². The van der Waals surface area contributed by atoms with Gasteiger partial charge in [0.1, 0.15) is 61.0 Å². The highest BCUT2D eigenvalue weighted by Gasteiger charge is 2.58. The quantitative estimate of drug-likeness (QED) is 0.0164. The molecule has 3 aliphatic heterocycles. The van der Waals surface area contributed by atoms with Gasteiger partial charge in [-0.25, -0.2) is 13.2 Å². The van der Waals surface area contributed by atoms with Crippen molar-refractivity contribution in [1.82, 2.24) is 0 Å². The van der Waals surface area contributed by atoms with Crippen LogP contribution in [0.1, 0.15) is 33.4 Å². The van der Waals surface area contributed by atoms with Crippen molar-refractivity contribution in [3.8, 4) is 0 Å². The van der Waals surface area contributed by atoms with Gasteiger partial charge in [0, 0.05) is 12.0 Å². The van der Waals surface area contributed by atoms with Crippen LogP contribution in [0.3, 0.4) is 0 Å². The molecule has 0 unspecified atom stereocenters. The van der Waals surface area contributed by atoms with Crippen LogP contribution in [0.2, 0.25) is 0 Å². The third-order valence-corrected chi connectivity index (χ3v) is 15.3. The number of azide groups is 1. The van der Waals surface area contributed by atoms with Crippen molar-refractivity contribution < 1.29 is 101 Å². The fraction of sp³-hybridized carbons (Fsp3) is 0.393. The topological polar surface area (TPSA) is 324 Å². The van der Waals surface area contributed by atoms with Crippen molar-refractivity contribution >= 4 is 26.8 Å². The van der Waals surface area contributed by atoms with E-state index >= 15 is 0 Å². The van der Waals surface area contributed by atoms with Gasteiger partial charge in [0.15, 0.2) is 31.1 Å². The number of ether oxygens (including phenoxy) is 12. The number of hydrogen-bond donors (Lipinski definition) is 3. The molecule has 27 heteroatoms. The van der Waals surface area contributed by atoms with Crippen molar-refractivity contribution in [3.63, 3.8) is 0 Å². The lowest BCUT2D eigenvalue weighted by Gasteiger charge is -2.49. The van der Waals surface area contributed by atoms with Gasteiger partial charge in [-0.2, -0.15) is 16.8 Å². The van der Waals surface area contributed by atoms with Gasteiger partial charge in [0.05, 0.1) is 52.9 Å². The molecule has 0 amide bonds. The van der Waals surface area contributed by atoms with Crippen LogP contribution < -0.4 is 0 Å². The summed E-state index contributed by atoms with van der Waals surface area (Å²) in [7, 11) is -9.50. The lowest BCUT2D eigenvalue weighted by Crippen LogP contribution is -2.67. The summed E-state index contributed by atoms with van der Waals surface area (Å²) in [5, 5.41) is 15.1. The number of methoxy groups -OCH3 is 1. The molecule has 3 N–H and O–H groups in total. The monoisotopic (exact) mass is 1260 g/mol. The molecular weight excluding hydrogens is 1190 g/mol. The largest absolute Gasteiger partial charge is 0.479 e. The van der Waals surface area contributed by atoms with E-state index in [-0.39, 0.29) is 33.0 Å². The van der Waals surface area contributed by atoms with Gasteiger partial charge in [-0.15, -0.1) is 0 Å². The van der Waals surface area contributed by atoms with Crippen molar-refractivity contribution in [2.24, 2.45) is 5.11 Å². The Hall–Kier alpha value is -6.64. The number of carbonyl (C=O) groups is 1. The highest BCUT2D eigenvalue weighted by molar-refractivity contribution is 7.81. The molecule has 6 aromatic carbocycles. The van der Waals surface area contributed by atoms with Gasteiger partial charge >= 0.3 is 26.8 Å². The summed E-state index contributed by atoms with van der Waals surface area (Å²) in [5.74, 6) is -1.74. The minimum Gasteiger partial charge on any atom is -0.479 e. The molecule has 0 radical (unpaired) electrons. The van der Waals surface area contributed by atoms with Crippen LogP contribution in [-0.4, -0.2) is 149 Å². The molecule has 25 nitrogen and oxygen atoms in total. The molecule has 3 heterocycles. The van der Waals surface area contributed by atoms with Gasteiger partial charge in [-0.3, -0.25) is 9.11 Å². The lowest BCUT2D eigenvalue weighted by atomic mass is 9.95. The maximum absolute atomic E-state index is 13.8. The molecule has 88 heavy (non-hydrogen) atoms. The molecule has 0 bridgehead atoms. The van der Waals surface area contributed by atoms with E-state index in [0.29, 0.717) is 11.1 Å². The van der Waals surface area contributed by atoms with Crippen molar-refractivity contribution in [2.45, 2.75) is 132 Å². The zero-order chi connectivity index (χ0) is 61.9. The summed E-state index contributed by atoms with van der Waals surface area (Å²) in [5.41, 5.74) is 14.3. The van der Waals surface area contributed by atoms with E-state index in [9.17, 15) is 41.4 Å². The molecule has 0 aromatic heterocycles. The van der Waals surface area contributed by atoms with E-state index in [2.05, 4.69) is 10.0 Å². The zero-order valence-corrected chi connectivity index (χ0v) is 49.0. The molecule has 0 spiro atoms. The first-order valence-electron chi connectivity index (χ1n) is 27.9. The molecule has 3 saturated heterocycles. The van der Waals surface area contributed by atoms with Gasteiger partial charge in [0.2, 0.25) is 0 Å². The van der Waals surface area contributed by atoms with Gasteiger partial charge in [0.25, 0.3) is 0 Å². The van der Waals surface area contributed by atoms with Gasteiger partial charge in [-0.05, 0) is 38.9 Å². The number of rotatable bonds is 31. The number of carboxylic acid groups (broad SMARTS) is 1. The molecule has 0 saturated carbocycles. The number of aliphatic carboxylic acids is 1. The Morgan fingerprint density at radius 1 is 0.455 bits per heavy atom. The van der Waals surface area contributed by atoms with Crippen LogP contribution in [0.25, 0.3) is 10.4 Å². The van der Waals surface area contributed by atoms with Crippen LogP contribution >= 0.6 is 0 Å². The minimum atomic E-state index is -5.57. The minimum absolute atomic E-state index is 0.00636. The molecule has 3 aliphatic rings. The van der Waals surface area contributed by atoms with Crippen molar-refractivity contribution in [3.05, 3.63) is 226 Å². The first-order valence-corrected chi connectivity index (χ1v) is 30.6. The summed E-state index contributed by atoms with van der Waals surface area (Å²) < 4.78 is 158. The van der Waals surface area contributed by atoms with Crippen LogP contribution in [0.5, 0.6) is 0 Å². The Balaban J connectivity index is 1.09. The van der Waals surface area contributed by atoms with Crippen LogP contribution in [-0.2, 0) is 130 Å². The molecule has 470 valence electrons. The normalized spacial score (nSPS) is 27.5. The fourth-order valence-corrected chi connectivity index (χ4v) is 11.1. The predicted molar refractivity (Wildman–Crippen MR) is 308 cm³/mol. The van der Waals surface area contributed by atoms with E-state index in [1.807, 2.05) is 121 Å². The molecule has 3 fully saturated rings. The Bertz CT molecular complexity index is 3350. The Morgan fingerprint density at radius 3 is 1.24 bits per heavy atom. The van der Waals surface area contributed by atoms with E-state index < -0.39 is 139 Å². The summed E-state index contributed by atoms with van der Waals surface area (Å²) in [6, 6.07) is 52.7. The first kappa shape index (κ1) is 65.8. The summed E-state index contributed by atoms with van der Waals surface area (Å²) in [6.45, 7) is -2.00. The smallest absolute Gasteiger partial charge is 0.397 e. The number of benzene rings is 6. The Labute approximate surface area is 508 Å². The zero-order valence-electron chi connectivity index (χ0n) is 47.4.